The van der Waals surface area contributed by atoms with E-state index in [2.05, 4.69) is 4.90 Å². The lowest BCUT2D eigenvalue weighted by molar-refractivity contribution is -0.143. The molecule has 0 saturated carbocycles. The summed E-state index contributed by atoms with van der Waals surface area (Å²) in [5, 5.41) is 0.429. The third-order valence-electron chi connectivity index (χ3n) is 4.40. The van der Waals surface area contributed by atoms with Crippen molar-refractivity contribution in [2.75, 3.05) is 13.1 Å². The SMILES string of the molecule is C[C@@H]1C(=O)N2CCC[C@@H]2CN1Cc1ccc(F)cc1Cl. The Kier molecular flexibility index (Phi) is 3.69. The molecule has 2 fully saturated rings. The molecule has 0 spiro atoms. The van der Waals surface area contributed by atoms with Gasteiger partial charge in [-0.1, -0.05) is 17.7 Å². The maximum Gasteiger partial charge on any atom is 0.239 e. The molecule has 2 saturated heterocycles. The number of benzene rings is 1. The monoisotopic (exact) mass is 296 g/mol. The van der Waals surface area contributed by atoms with Crippen LogP contribution in [0, 0.1) is 5.82 Å². The molecule has 3 rings (SSSR count). The van der Waals surface area contributed by atoms with E-state index in [9.17, 15) is 9.18 Å². The summed E-state index contributed by atoms with van der Waals surface area (Å²) < 4.78 is 13.1. The summed E-state index contributed by atoms with van der Waals surface area (Å²) >= 11 is 6.08. The van der Waals surface area contributed by atoms with Crippen molar-refractivity contribution >= 4 is 17.5 Å². The third-order valence-corrected chi connectivity index (χ3v) is 4.75. The molecule has 1 amide bonds. The first-order chi connectivity index (χ1) is 9.56. The number of nitrogens with zero attached hydrogens (tertiary/aromatic N) is 2. The van der Waals surface area contributed by atoms with Crippen LogP contribution in [-0.4, -0.2) is 40.9 Å². The van der Waals surface area contributed by atoms with E-state index in [0.717, 1.165) is 31.5 Å². The molecule has 2 atom stereocenters. The highest BCUT2D eigenvalue weighted by molar-refractivity contribution is 6.31. The lowest BCUT2D eigenvalue weighted by atomic mass is 10.1. The summed E-state index contributed by atoms with van der Waals surface area (Å²) in [6.45, 7) is 4.30. The van der Waals surface area contributed by atoms with Crippen molar-refractivity contribution in [1.29, 1.82) is 0 Å². The quantitative estimate of drug-likeness (QED) is 0.838. The standard InChI is InChI=1S/C15H18ClFN2O/c1-10-15(20)19-6-2-3-13(19)9-18(10)8-11-4-5-12(17)7-14(11)16/h4-5,7,10,13H,2-3,6,8-9H2,1H3/t10-,13-/m1/s1. The maximum atomic E-state index is 13.1. The molecule has 0 N–H and O–H groups in total. The van der Waals surface area contributed by atoms with E-state index >= 15 is 0 Å². The van der Waals surface area contributed by atoms with Crippen molar-refractivity contribution in [3.8, 4) is 0 Å². The van der Waals surface area contributed by atoms with Gasteiger partial charge >= 0.3 is 0 Å². The number of carbonyl (C=O) groups is 1. The van der Waals surface area contributed by atoms with Crippen molar-refractivity contribution in [1.82, 2.24) is 9.80 Å². The Labute approximate surface area is 123 Å². The highest BCUT2D eigenvalue weighted by Crippen LogP contribution is 2.28. The van der Waals surface area contributed by atoms with Crippen molar-refractivity contribution in [2.45, 2.75) is 38.4 Å². The Morgan fingerprint density at radius 2 is 2.25 bits per heavy atom. The van der Waals surface area contributed by atoms with Crippen LogP contribution in [0.1, 0.15) is 25.3 Å². The van der Waals surface area contributed by atoms with E-state index in [-0.39, 0.29) is 17.8 Å². The molecule has 1 aromatic carbocycles. The number of amides is 1. The predicted octanol–water partition coefficient (Wildman–Crippen LogP) is 2.67. The van der Waals surface area contributed by atoms with Gasteiger partial charge in [-0.25, -0.2) is 4.39 Å². The molecule has 0 aliphatic carbocycles. The lowest BCUT2D eigenvalue weighted by Crippen LogP contribution is -2.58. The first-order valence-corrected chi connectivity index (χ1v) is 7.42. The zero-order valence-electron chi connectivity index (χ0n) is 11.5. The second-order valence-corrected chi connectivity index (χ2v) is 6.08. The minimum atomic E-state index is -0.330. The van der Waals surface area contributed by atoms with Crippen LogP contribution in [0.2, 0.25) is 5.02 Å². The van der Waals surface area contributed by atoms with Gasteiger partial charge in [0.15, 0.2) is 0 Å². The number of piperazine rings is 1. The summed E-state index contributed by atoms with van der Waals surface area (Å²) in [5.74, 6) is -0.125. The predicted molar refractivity (Wildman–Crippen MR) is 76.0 cm³/mol. The van der Waals surface area contributed by atoms with Crippen LogP contribution in [0.3, 0.4) is 0 Å². The van der Waals surface area contributed by atoms with Crippen LogP contribution in [0.15, 0.2) is 18.2 Å². The van der Waals surface area contributed by atoms with Gasteiger partial charge in [0.25, 0.3) is 0 Å². The van der Waals surface area contributed by atoms with Gasteiger partial charge in [0.1, 0.15) is 5.82 Å². The molecule has 1 aromatic rings. The first kappa shape index (κ1) is 13.8. The maximum absolute atomic E-state index is 13.1. The summed E-state index contributed by atoms with van der Waals surface area (Å²) in [4.78, 5) is 16.5. The van der Waals surface area contributed by atoms with E-state index < -0.39 is 0 Å². The molecular weight excluding hydrogens is 279 g/mol. The molecule has 0 bridgehead atoms. The number of hydrogen-bond donors (Lipinski definition) is 0. The third kappa shape index (κ3) is 2.42. The smallest absolute Gasteiger partial charge is 0.239 e. The summed E-state index contributed by atoms with van der Waals surface area (Å²) in [5.41, 5.74) is 0.874. The number of hydrogen-bond acceptors (Lipinski definition) is 2. The Bertz CT molecular complexity index is 537. The Morgan fingerprint density at radius 3 is 3.00 bits per heavy atom. The van der Waals surface area contributed by atoms with Gasteiger partial charge in [0.2, 0.25) is 5.91 Å². The lowest BCUT2D eigenvalue weighted by Gasteiger charge is -2.41. The van der Waals surface area contributed by atoms with E-state index in [1.807, 2.05) is 11.8 Å². The first-order valence-electron chi connectivity index (χ1n) is 7.04. The average molecular weight is 297 g/mol. The number of carbonyl (C=O) groups excluding carboxylic acids is 1. The van der Waals surface area contributed by atoms with Crippen LogP contribution in [0.5, 0.6) is 0 Å². The van der Waals surface area contributed by atoms with Crippen LogP contribution in [0.4, 0.5) is 4.39 Å². The van der Waals surface area contributed by atoms with Gasteiger partial charge < -0.3 is 4.90 Å². The average Bonchev–Trinajstić information content (AvgIpc) is 2.87. The van der Waals surface area contributed by atoms with Crippen LogP contribution < -0.4 is 0 Å². The van der Waals surface area contributed by atoms with E-state index in [1.165, 1.54) is 12.1 Å². The topological polar surface area (TPSA) is 23.6 Å². The van der Waals surface area contributed by atoms with Gasteiger partial charge in [-0.05, 0) is 37.5 Å². The van der Waals surface area contributed by atoms with Crippen LogP contribution >= 0.6 is 11.6 Å². The Balaban J connectivity index is 1.78. The van der Waals surface area contributed by atoms with Crippen LogP contribution in [-0.2, 0) is 11.3 Å². The Hall–Kier alpha value is -1.13. The van der Waals surface area contributed by atoms with Crippen molar-refractivity contribution < 1.29 is 9.18 Å². The van der Waals surface area contributed by atoms with Crippen molar-refractivity contribution in [2.24, 2.45) is 0 Å². The van der Waals surface area contributed by atoms with E-state index in [1.54, 1.807) is 6.07 Å². The molecular formula is C15H18ClFN2O. The molecule has 20 heavy (non-hydrogen) atoms. The van der Waals surface area contributed by atoms with Crippen molar-refractivity contribution in [3.63, 3.8) is 0 Å². The normalized spacial score (nSPS) is 26.9. The zero-order valence-corrected chi connectivity index (χ0v) is 12.2. The Morgan fingerprint density at radius 1 is 1.45 bits per heavy atom. The minimum Gasteiger partial charge on any atom is -0.337 e. The molecule has 2 heterocycles. The van der Waals surface area contributed by atoms with Gasteiger partial charge in [0, 0.05) is 30.7 Å². The van der Waals surface area contributed by atoms with Gasteiger partial charge in [-0.2, -0.15) is 0 Å². The largest absolute Gasteiger partial charge is 0.337 e. The molecule has 0 unspecified atom stereocenters. The molecule has 0 radical (unpaired) electrons. The zero-order chi connectivity index (χ0) is 14.3. The fourth-order valence-electron chi connectivity index (χ4n) is 3.21. The molecule has 3 nitrogen and oxygen atoms in total. The second-order valence-electron chi connectivity index (χ2n) is 5.67. The summed E-state index contributed by atoms with van der Waals surface area (Å²) in [6, 6.07) is 4.65. The summed E-state index contributed by atoms with van der Waals surface area (Å²) in [7, 11) is 0. The van der Waals surface area contributed by atoms with Crippen molar-refractivity contribution in [3.05, 3.63) is 34.6 Å². The second kappa shape index (κ2) is 5.34. The molecule has 0 aromatic heterocycles. The fourth-order valence-corrected chi connectivity index (χ4v) is 3.44. The molecule has 2 aliphatic heterocycles. The van der Waals surface area contributed by atoms with Gasteiger partial charge in [-0.15, -0.1) is 0 Å². The van der Waals surface area contributed by atoms with Gasteiger partial charge in [0.05, 0.1) is 6.04 Å². The molecule has 5 heteroatoms. The number of halogens is 2. The van der Waals surface area contributed by atoms with E-state index in [4.69, 9.17) is 11.6 Å². The molecule has 108 valence electrons. The minimum absolute atomic E-state index is 0.134. The van der Waals surface area contributed by atoms with Gasteiger partial charge in [-0.3, -0.25) is 9.69 Å². The number of rotatable bonds is 2. The fraction of sp³-hybridized carbons (Fsp3) is 0.533. The van der Waals surface area contributed by atoms with E-state index in [0.29, 0.717) is 17.6 Å². The highest BCUT2D eigenvalue weighted by atomic mass is 35.5. The van der Waals surface area contributed by atoms with Crippen LogP contribution in [0.25, 0.3) is 0 Å². The highest BCUT2D eigenvalue weighted by Gasteiger charge is 2.40. The number of fused-ring (bicyclic) bond motifs is 1. The summed E-state index contributed by atoms with van der Waals surface area (Å²) in [6.07, 6.45) is 2.17. The molecule has 2 aliphatic rings.